The van der Waals surface area contributed by atoms with Gasteiger partial charge >= 0.3 is 0 Å². The number of amides is 1. The molecule has 0 saturated carbocycles. The van der Waals surface area contributed by atoms with Crippen LogP contribution in [0.2, 0.25) is 0 Å². The van der Waals surface area contributed by atoms with Crippen LogP contribution in [0.4, 0.5) is 0 Å². The van der Waals surface area contributed by atoms with Gasteiger partial charge in [0.2, 0.25) is 0 Å². The number of aryl methyl sites for hydroxylation is 2. The number of nitrogens with one attached hydrogen (secondary N) is 1. The third kappa shape index (κ3) is 4.51. The molecule has 0 heterocycles. The van der Waals surface area contributed by atoms with Crippen molar-refractivity contribution < 1.29 is 14.3 Å². The Bertz CT molecular complexity index is 695. The van der Waals surface area contributed by atoms with E-state index >= 15 is 0 Å². The summed E-state index contributed by atoms with van der Waals surface area (Å²) in [5.41, 5.74) is 3.55. The van der Waals surface area contributed by atoms with Crippen LogP contribution in [0.3, 0.4) is 0 Å². The lowest BCUT2D eigenvalue weighted by Gasteiger charge is -2.19. The third-order valence-electron chi connectivity index (χ3n) is 4.13. The minimum Gasteiger partial charge on any atom is -0.497 e. The van der Waals surface area contributed by atoms with E-state index in [1.54, 1.807) is 38.3 Å². The maximum absolute atomic E-state index is 12.3. The Labute approximate surface area is 143 Å². The molecule has 0 spiro atoms. The predicted molar refractivity (Wildman–Crippen MR) is 95.6 cm³/mol. The molecule has 4 nitrogen and oxygen atoms in total. The van der Waals surface area contributed by atoms with Gasteiger partial charge in [0.1, 0.15) is 11.5 Å². The zero-order chi connectivity index (χ0) is 17.7. The normalized spacial score (nSPS) is 13.0. The summed E-state index contributed by atoms with van der Waals surface area (Å²) in [6, 6.07) is 13.3. The molecule has 2 atom stereocenters. The highest BCUT2D eigenvalue weighted by molar-refractivity contribution is 5.81. The van der Waals surface area contributed by atoms with Crippen molar-refractivity contribution in [3.63, 3.8) is 0 Å². The number of carbonyl (C=O) groups excluding carboxylic acids is 1. The van der Waals surface area contributed by atoms with Crippen LogP contribution >= 0.6 is 0 Å². The van der Waals surface area contributed by atoms with Gasteiger partial charge in [0.05, 0.1) is 13.2 Å². The molecule has 0 aliphatic rings. The van der Waals surface area contributed by atoms with Crippen LogP contribution in [-0.4, -0.2) is 19.1 Å². The van der Waals surface area contributed by atoms with Gasteiger partial charge in [-0.05, 0) is 68.7 Å². The van der Waals surface area contributed by atoms with E-state index in [-0.39, 0.29) is 11.9 Å². The van der Waals surface area contributed by atoms with Crippen molar-refractivity contribution in [2.75, 3.05) is 7.11 Å². The first-order valence-corrected chi connectivity index (χ1v) is 8.09. The van der Waals surface area contributed by atoms with Crippen molar-refractivity contribution in [2.45, 2.75) is 39.8 Å². The van der Waals surface area contributed by atoms with E-state index in [2.05, 4.69) is 31.3 Å². The van der Waals surface area contributed by atoms with Gasteiger partial charge in [-0.25, -0.2) is 0 Å². The first-order chi connectivity index (χ1) is 11.4. The van der Waals surface area contributed by atoms with Gasteiger partial charge in [0, 0.05) is 0 Å². The lowest BCUT2D eigenvalue weighted by atomic mass is 10.0. The highest BCUT2D eigenvalue weighted by atomic mass is 16.5. The largest absolute Gasteiger partial charge is 0.497 e. The molecule has 1 N–H and O–H groups in total. The van der Waals surface area contributed by atoms with Crippen LogP contribution in [0.15, 0.2) is 42.5 Å². The average Bonchev–Trinajstić information content (AvgIpc) is 2.57. The highest BCUT2D eigenvalue weighted by Crippen LogP contribution is 2.19. The molecule has 0 fully saturated rings. The molecule has 0 aliphatic carbocycles. The van der Waals surface area contributed by atoms with E-state index in [1.165, 1.54) is 11.1 Å². The summed E-state index contributed by atoms with van der Waals surface area (Å²) < 4.78 is 10.8. The SMILES string of the molecule is COc1ccc(O[C@@H](C)C(=O)N[C@@H](C)c2ccc(C)c(C)c2)cc1. The summed E-state index contributed by atoms with van der Waals surface area (Å²) in [4.78, 5) is 12.3. The smallest absolute Gasteiger partial charge is 0.261 e. The van der Waals surface area contributed by atoms with Crippen LogP contribution < -0.4 is 14.8 Å². The summed E-state index contributed by atoms with van der Waals surface area (Å²) in [6.07, 6.45) is -0.576. The molecule has 2 aromatic carbocycles. The van der Waals surface area contributed by atoms with Crippen LogP contribution in [0.25, 0.3) is 0 Å². The van der Waals surface area contributed by atoms with Crippen molar-refractivity contribution in [3.8, 4) is 11.5 Å². The molecular formula is C20H25NO3. The van der Waals surface area contributed by atoms with Crippen LogP contribution in [0, 0.1) is 13.8 Å². The summed E-state index contributed by atoms with van der Waals surface area (Å²) in [6.45, 7) is 7.87. The van der Waals surface area contributed by atoms with E-state index in [0.717, 1.165) is 11.3 Å². The average molecular weight is 327 g/mol. The van der Waals surface area contributed by atoms with Gasteiger partial charge in [0.15, 0.2) is 6.10 Å². The molecule has 0 aromatic heterocycles. The van der Waals surface area contributed by atoms with Crippen molar-refractivity contribution >= 4 is 5.91 Å². The molecule has 0 radical (unpaired) electrons. The second-order valence-corrected chi connectivity index (χ2v) is 6.01. The molecule has 0 bridgehead atoms. The molecule has 1 amide bonds. The molecule has 0 unspecified atom stereocenters. The second kappa shape index (κ2) is 7.86. The van der Waals surface area contributed by atoms with E-state index in [0.29, 0.717) is 5.75 Å². The minimum atomic E-state index is -0.576. The zero-order valence-corrected chi connectivity index (χ0v) is 14.9. The number of hydrogen-bond acceptors (Lipinski definition) is 3. The highest BCUT2D eigenvalue weighted by Gasteiger charge is 2.18. The van der Waals surface area contributed by atoms with Gasteiger partial charge < -0.3 is 14.8 Å². The van der Waals surface area contributed by atoms with Crippen molar-refractivity contribution in [1.82, 2.24) is 5.32 Å². The van der Waals surface area contributed by atoms with Crippen molar-refractivity contribution in [1.29, 1.82) is 0 Å². The van der Waals surface area contributed by atoms with Crippen LogP contribution in [-0.2, 0) is 4.79 Å². The van der Waals surface area contributed by atoms with Crippen molar-refractivity contribution in [2.24, 2.45) is 0 Å². The first-order valence-electron chi connectivity index (χ1n) is 8.09. The lowest BCUT2D eigenvalue weighted by Crippen LogP contribution is -2.37. The van der Waals surface area contributed by atoms with Gasteiger partial charge in [0.25, 0.3) is 5.91 Å². The number of hydrogen-bond donors (Lipinski definition) is 1. The standard InChI is InChI=1S/C20H25NO3/c1-13-6-7-17(12-14(13)2)15(3)21-20(22)16(4)24-19-10-8-18(23-5)9-11-19/h6-12,15-16H,1-5H3,(H,21,22)/t15-,16-/m0/s1. The Hall–Kier alpha value is -2.49. The van der Waals surface area contributed by atoms with Gasteiger partial charge in [-0.15, -0.1) is 0 Å². The lowest BCUT2D eigenvalue weighted by molar-refractivity contribution is -0.127. The Morgan fingerprint density at radius 2 is 1.58 bits per heavy atom. The Balaban J connectivity index is 1.95. The van der Waals surface area contributed by atoms with E-state index in [4.69, 9.17) is 9.47 Å². The molecule has 0 aliphatic heterocycles. The zero-order valence-electron chi connectivity index (χ0n) is 14.9. The predicted octanol–water partition coefficient (Wildman–Crippen LogP) is 3.96. The summed E-state index contributed by atoms with van der Waals surface area (Å²) in [7, 11) is 1.61. The molecule has 4 heteroatoms. The molecule has 24 heavy (non-hydrogen) atoms. The van der Waals surface area contributed by atoms with Crippen molar-refractivity contribution in [3.05, 3.63) is 59.2 Å². The summed E-state index contributed by atoms with van der Waals surface area (Å²) >= 11 is 0. The number of benzene rings is 2. The monoisotopic (exact) mass is 327 g/mol. The molecule has 0 saturated heterocycles. The Kier molecular flexibility index (Phi) is 5.85. The van der Waals surface area contributed by atoms with Crippen LogP contribution in [0.5, 0.6) is 11.5 Å². The third-order valence-corrected chi connectivity index (χ3v) is 4.13. The topological polar surface area (TPSA) is 47.6 Å². The van der Waals surface area contributed by atoms with Crippen LogP contribution in [0.1, 0.15) is 36.6 Å². The molecular weight excluding hydrogens is 302 g/mol. The van der Waals surface area contributed by atoms with Gasteiger partial charge in [-0.3, -0.25) is 4.79 Å². The Morgan fingerprint density at radius 3 is 2.17 bits per heavy atom. The quantitative estimate of drug-likeness (QED) is 0.874. The molecule has 128 valence electrons. The van der Waals surface area contributed by atoms with E-state index in [9.17, 15) is 4.79 Å². The number of rotatable bonds is 6. The fraction of sp³-hybridized carbons (Fsp3) is 0.350. The maximum Gasteiger partial charge on any atom is 0.261 e. The number of carbonyl (C=O) groups is 1. The fourth-order valence-electron chi connectivity index (χ4n) is 2.36. The molecule has 2 rings (SSSR count). The fourth-order valence-corrected chi connectivity index (χ4v) is 2.36. The van der Waals surface area contributed by atoms with Gasteiger partial charge in [-0.1, -0.05) is 18.2 Å². The summed E-state index contributed by atoms with van der Waals surface area (Å²) in [5.74, 6) is 1.25. The first kappa shape index (κ1) is 17.9. The second-order valence-electron chi connectivity index (χ2n) is 6.01. The minimum absolute atomic E-state index is 0.0706. The Morgan fingerprint density at radius 1 is 0.958 bits per heavy atom. The number of methoxy groups -OCH3 is 1. The van der Waals surface area contributed by atoms with E-state index < -0.39 is 6.10 Å². The van der Waals surface area contributed by atoms with E-state index in [1.807, 2.05) is 13.0 Å². The summed E-state index contributed by atoms with van der Waals surface area (Å²) in [5, 5.41) is 3.00. The number of ether oxygens (including phenoxy) is 2. The molecule has 2 aromatic rings. The maximum atomic E-state index is 12.3. The van der Waals surface area contributed by atoms with Gasteiger partial charge in [-0.2, -0.15) is 0 Å².